The minimum atomic E-state index is -4.33. The highest BCUT2D eigenvalue weighted by Crippen LogP contribution is 2.30. The van der Waals surface area contributed by atoms with E-state index in [0.29, 0.717) is 18.8 Å². The van der Waals surface area contributed by atoms with Crippen LogP contribution in [0.3, 0.4) is 0 Å². The molecule has 0 unspecified atom stereocenters. The van der Waals surface area contributed by atoms with Crippen LogP contribution >= 0.6 is 0 Å². The van der Waals surface area contributed by atoms with Crippen LogP contribution in [0.25, 0.3) is 0 Å². The van der Waals surface area contributed by atoms with Crippen molar-refractivity contribution in [3.8, 4) is 5.75 Å². The van der Waals surface area contributed by atoms with Crippen molar-refractivity contribution in [2.75, 3.05) is 11.9 Å². The van der Waals surface area contributed by atoms with Crippen LogP contribution < -0.4 is 10.1 Å². The Hall–Kier alpha value is -2.17. The van der Waals surface area contributed by atoms with Crippen molar-refractivity contribution in [2.24, 2.45) is 0 Å². The van der Waals surface area contributed by atoms with Crippen LogP contribution in [0.4, 0.5) is 18.9 Å². The molecule has 0 bridgehead atoms. The van der Waals surface area contributed by atoms with Crippen molar-refractivity contribution in [1.82, 2.24) is 0 Å². The Kier molecular flexibility index (Phi) is 7.16. The lowest BCUT2D eigenvalue weighted by Gasteiger charge is -2.11. The fourth-order valence-electron chi connectivity index (χ4n) is 2.43. The van der Waals surface area contributed by atoms with Crippen LogP contribution in [-0.4, -0.2) is 6.61 Å². The van der Waals surface area contributed by atoms with E-state index < -0.39 is 11.7 Å². The Bertz CT molecular complexity index is 638. The molecule has 0 heterocycles. The largest absolute Gasteiger partial charge is 0.494 e. The maximum atomic E-state index is 12.7. The lowest BCUT2D eigenvalue weighted by molar-refractivity contribution is -0.137. The van der Waals surface area contributed by atoms with Gasteiger partial charge in [0.25, 0.3) is 0 Å². The number of alkyl halides is 3. The van der Waals surface area contributed by atoms with Gasteiger partial charge >= 0.3 is 6.18 Å². The van der Waals surface area contributed by atoms with Crippen molar-refractivity contribution < 1.29 is 17.9 Å². The molecule has 0 spiro atoms. The molecular weight excluding hydrogens is 327 g/mol. The second kappa shape index (κ2) is 9.35. The molecule has 2 nitrogen and oxygen atoms in total. The quantitative estimate of drug-likeness (QED) is 0.537. The van der Waals surface area contributed by atoms with Crippen molar-refractivity contribution >= 4 is 5.69 Å². The average Bonchev–Trinajstić information content (AvgIpc) is 2.60. The van der Waals surface area contributed by atoms with Gasteiger partial charge in [-0.15, -0.1) is 0 Å². The smallest absolute Gasteiger partial charge is 0.416 e. The van der Waals surface area contributed by atoms with Gasteiger partial charge in [-0.2, -0.15) is 13.2 Å². The van der Waals surface area contributed by atoms with E-state index in [1.54, 1.807) is 6.07 Å². The number of benzene rings is 2. The predicted octanol–water partition coefficient (Wildman–Crippen LogP) is 6.28. The van der Waals surface area contributed by atoms with Crippen LogP contribution in [0.5, 0.6) is 5.75 Å². The summed E-state index contributed by atoms with van der Waals surface area (Å²) in [6.45, 7) is 3.34. The topological polar surface area (TPSA) is 21.3 Å². The summed E-state index contributed by atoms with van der Waals surface area (Å²) < 4.78 is 43.8. The highest BCUT2D eigenvalue weighted by atomic mass is 19.4. The molecule has 5 heteroatoms. The fourth-order valence-corrected chi connectivity index (χ4v) is 2.43. The van der Waals surface area contributed by atoms with Crippen LogP contribution in [0.1, 0.15) is 43.7 Å². The molecular formula is C20H24F3NO. The summed E-state index contributed by atoms with van der Waals surface area (Å²) >= 11 is 0. The summed E-state index contributed by atoms with van der Waals surface area (Å²) in [4.78, 5) is 0. The van der Waals surface area contributed by atoms with Crippen LogP contribution in [0.2, 0.25) is 0 Å². The maximum absolute atomic E-state index is 12.7. The number of unbranched alkanes of at least 4 members (excludes halogenated alkanes) is 3. The summed E-state index contributed by atoms with van der Waals surface area (Å²) in [7, 11) is 0. The molecule has 1 N–H and O–H groups in total. The molecule has 2 rings (SSSR count). The van der Waals surface area contributed by atoms with E-state index in [1.807, 2.05) is 24.3 Å². The van der Waals surface area contributed by atoms with E-state index in [4.69, 9.17) is 4.74 Å². The molecule has 2 aromatic rings. The summed E-state index contributed by atoms with van der Waals surface area (Å²) in [6.07, 6.45) is 0.326. The van der Waals surface area contributed by atoms with Crippen molar-refractivity contribution in [3.63, 3.8) is 0 Å². The summed E-state index contributed by atoms with van der Waals surface area (Å²) in [5, 5.41) is 3.02. The Morgan fingerprint density at radius 1 is 0.960 bits per heavy atom. The fraction of sp³-hybridized carbons (Fsp3) is 0.400. The molecule has 0 radical (unpaired) electrons. The summed E-state index contributed by atoms with van der Waals surface area (Å²) in [5.41, 5.74) is 0.783. The first kappa shape index (κ1) is 19.2. The molecule has 0 aliphatic heterocycles. The molecule has 2 aromatic carbocycles. The summed E-state index contributed by atoms with van der Waals surface area (Å²) in [5.74, 6) is 0.819. The third-order valence-electron chi connectivity index (χ3n) is 3.88. The molecule has 0 saturated carbocycles. The van der Waals surface area contributed by atoms with Crippen LogP contribution in [0, 0.1) is 0 Å². The first-order valence-corrected chi connectivity index (χ1v) is 8.62. The third-order valence-corrected chi connectivity index (χ3v) is 3.88. The molecule has 0 saturated heterocycles. The first-order valence-electron chi connectivity index (χ1n) is 8.62. The molecule has 25 heavy (non-hydrogen) atoms. The summed E-state index contributed by atoms with van der Waals surface area (Å²) in [6, 6.07) is 12.8. The van der Waals surface area contributed by atoms with Gasteiger partial charge in [0, 0.05) is 12.2 Å². The Labute approximate surface area is 147 Å². The van der Waals surface area contributed by atoms with Crippen molar-refractivity contribution in [3.05, 3.63) is 59.7 Å². The number of hydrogen-bond acceptors (Lipinski definition) is 2. The van der Waals surface area contributed by atoms with Gasteiger partial charge in [-0.3, -0.25) is 0 Å². The normalized spacial score (nSPS) is 11.4. The van der Waals surface area contributed by atoms with Gasteiger partial charge in [-0.25, -0.2) is 0 Å². The molecule has 0 fully saturated rings. The van der Waals surface area contributed by atoms with Gasteiger partial charge in [0.15, 0.2) is 0 Å². The number of anilines is 1. The van der Waals surface area contributed by atoms with E-state index in [0.717, 1.165) is 29.9 Å². The number of halogens is 3. The Morgan fingerprint density at radius 2 is 1.72 bits per heavy atom. The second-order valence-electron chi connectivity index (χ2n) is 5.99. The Balaban J connectivity index is 1.81. The first-order chi connectivity index (χ1) is 12.0. The molecule has 0 aromatic heterocycles. The van der Waals surface area contributed by atoms with E-state index in [2.05, 4.69) is 12.2 Å². The van der Waals surface area contributed by atoms with Crippen LogP contribution in [0.15, 0.2) is 48.5 Å². The third kappa shape index (κ3) is 6.69. The Morgan fingerprint density at radius 3 is 2.40 bits per heavy atom. The number of hydrogen-bond donors (Lipinski definition) is 1. The SMILES string of the molecule is CCCCCCOc1ccc(CNc2cccc(C(F)(F)F)c2)cc1. The molecule has 0 atom stereocenters. The minimum Gasteiger partial charge on any atom is -0.494 e. The maximum Gasteiger partial charge on any atom is 0.416 e. The zero-order valence-corrected chi connectivity index (χ0v) is 14.4. The lowest BCUT2D eigenvalue weighted by Crippen LogP contribution is -2.06. The van der Waals surface area contributed by atoms with E-state index in [-0.39, 0.29) is 0 Å². The second-order valence-corrected chi connectivity index (χ2v) is 5.99. The standard InChI is InChI=1S/C20H24F3NO/c1-2-3-4-5-13-25-19-11-9-16(10-12-19)15-24-18-8-6-7-17(14-18)20(21,22)23/h6-12,14,24H,2-5,13,15H2,1H3. The van der Waals surface area contributed by atoms with E-state index >= 15 is 0 Å². The van der Waals surface area contributed by atoms with E-state index in [1.165, 1.54) is 25.3 Å². The molecule has 0 amide bonds. The average molecular weight is 351 g/mol. The lowest BCUT2D eigenvalue weighted by atomic mass is 10.1. The molecule has 136 valence electrons. The van der Waals surface area contributed by atoms with E-state index in [9.17, 15) is 13.2 Å². The number of rotatable bonds is 9. The van der Waals surface area contributed by atoms with Gasteiger partial charge in [0.05, 0.1) is 12.2 Å². The molecule has 0 aliphatic carbocycles. The zero-order chi connectivity index (χ0) is 18.1. The molecule has 0 aliphatic rings. The van der Waals surface area contributed by atoms with Crippen LogP contribution in [-0.2, 0) is 12.7 Å². The highest BCUT2D eigenvalue weighted by Gasteiger charge is 2.30. The monoisotopic (exact) mass is 351 g/mol. The van der Waals surface area contributed by atoms with Crippen molar-refractivity contribution in [1.29, 1.82) is 0 Å². The van der Waals surface area contributed by atoms with Gasteiger partial charge in [-0.05, 0) is 42.3 Å². The predicted molar refractivity (Wildman–Crippen MR) is 94.8 cm³/mol. The van der Waals surface area contributed by atoms with Gasteiger partial charge in [0.1, 0.15) is 5.75 Å². The highest BCUT2D eigenvalue weighted by molar-refractivity contribution is 5.47. The van der Waals surface area contributed by atoms with Gasteiger partial charge < -0.3 is 10.1 Å². The minimum absolute atomic E-state index is 0.450. The number of nitrogens with one attached hydrogen (secondary N) is 1. The van der Waals surface area contributed by atoms with Gasteiger partial charge in [-0.1, -0.05) is 44.4 Å². The van der Waals surface area contributed by atoms with Gasteiger partial charge in [0.2, 0.25) is 0 Å². The van der Waals surface area contributed by atoms with Crippen molar-refractivity contribution in [2.45, 2.75) is 45.3 Å². The number of ether oxygens (including phenoxy) is 1. The zero-order valence-electron chi connectivity index (χ0n) is 14.4.